The molecule has 0 saturated heterocycles. The van der Waals surface area contributed by atoms with Crippen molar-refractivity contribution >= 4 is 16.7 Å². The Kier molecular flexibility index (Phi) is 4.44. The van der Waals surface area contributed by atoms with Gasteiger partial charge >= 0.3 is 0 Å². The lowest BCUT2D eigenvalue weighted by Gasteiger charge is -2.09. The third kappa shape index (κ3) is 3.49. The van der Waals surface area contributed by atoms with E-state index in [1.165, 1.54) is 0 Å². The predicted molar refractivity (Wildman–Crippen MR) is 87.1 cm³/mol. The summed E-state index contributed by atoms with van der Waals surface area (Å²) in [5.41, 5.74) is 1.81. The van der Waals surface area contributed by atoms with Gasteiger partial charge in [0.25, 0.3) is 0 Å². The Balaban J connectivity index is 1.50. The van der Waals surface area contributed by atoms with Gasteiger partial charge in [0.1, 0.15) is 17.1 Å². The number of anilines is 1. The maximum atomic E-state index is 5.84. The molecule has 5 nitrogen and oxygen atoms in total. The first kappa shape index (κ1) is 14.3. The average molecular weight is 294 g/mol. The van der Waals surface area contributed by atoms with Crippen LogP contribution in [-0.2, 0) is 0 Å². The molecular weight excluding hydrogens is 276 g/mol. The van der Waals surface area contributed by atoms with Gasteiger partial charge < -0.3 is 10.1 Å². The van der Waals surface area contributed by atoms with E-state index in [9.17, 15) is 0 Å². The van der Waals surface area contributed by atoms with Crippen molar-refractivity contribution in [1.29, 1.82) is 0 Å². The molecule has 112 valence electrons. The summed E-state index contributed by atoms with van der Waals surface area (Å²) in [6.45, 7) is 3.34. The van der Waals surface area contributed by atoms with E-state index in [0.29, 0.717) is 6.61 Å². The molecule has 2 heterocycles. The van der Waals surface area contributed by atoms with E-state index < -0.39 is 0 Å². The zero-order valence-electron chi connectivity index (χ0n) is 12.5. The largest absolute Gasteiger partial charge is 0.491 e. The molecule has 0 radical (unpaired) electrons. The normalized spacial score (nSPS) is 10.6. The van der Waals surface area contributed by atoms with Gasteiger partial charge in [-0.2, -0.15) is 0 Å². The highest BCUT2D eigenvalue weighted by atomic mass is 16.5. The number of rotatable bonds is 6. The molecule has 3 rings (SSSR count). The first-order valence-corrected chi connectivity index (χ1v) is 7.32. The maximum Gasteiger partial charge on any atom is 0.145 e. The van der Waals surface area contributed by atoms with Crippen LogP contribution in [0.5, 0.6) is 5.75 Å². The van der Waals surface area contributed by atoms with E-state index in [4.69, 9.17) is 4.74 Å². The van der Waals surface area contributed by atoms with Gasteiger partial charge in [-0.3, -0.25) is 9.97 Å². The van der Waals surface area contributed by atoms with E-state index in [1.54, 1.807) is 18.6 Å². The van der Waals surface area contributed by atoms with Gasteiger partial charge in [0.05, 0.1) is 18.5 Å². The number of pyridine rings is 1. The highest BCUT2D eigenvalue weighted by Crippen LogP contribution is 2.22. The van der Waals surface area contributed by atoms with Crippen LogP contribution in [0.4, 0.5) is 5.82 Å². The van der Waals surface area contributed by atoms with Crippen LogP contribution in [0.2, 0.25) is 0 Å². The molecule has 2 aromatic heterocycles. The van der Waals surface area contributed by atoms with Gasteiger partial charge in [0, 0.05) is 24.3 Å². The number of aromatic nitrogens is 3. The number of fused-ring (bicyclic) bond motifs is 1. The van der Waals surface area contributed by atoms with Crippen LogP contribution >= 0.6 is 0 Å². The minimum Gasteiger partial charge on any atom is -0.491 e. The standard InChI is InChI=1S/C17H18N4O/c1-13-11-18-12-16(21-13)19-9-4-10-22-15-7-2-5-14-6-3-8-20-17(14)15/h2-3,5-8,11-12H,4,9-10H2,1H3,(H,19,21). The molecule has 0 aliphatic heterocycles. The summed E-state index contributed by atoms with van der Waals surface area (Å²) < 4.78 is 5.84. The topological polar surface area (TPSA) is 59.9 Å². The molecule has 22 heavy (non-hydrogen) atoms. The third-order valence-corrected chi connectivity index (χ3v) is 3.24. The lowest BCUT2D eigenvalue weighted by molar-refractivity contribution is 0.318. The minimum absolute atomic E-state index is 0.627. The monoisotopic (exact) mass is 294 g/mol. The van der Waals surface area contributed by atoms with E-state index in [2.05, 4.69) is 20.3 Å². The summed E-state index contributed by atoms with van der Waals surface area (Å²) in [5, 5.41) is 4.33. The molecule has 0 amide bonds. The van der Waals surface area contributed by atoms with Crippen molar-refractivity contribution in [3.8, 4) is 5.75 Å². The van der Waals surface area contributed by atoms with E-state index in [-0.39, 0.29) is 0 Å². The van der Waals surface area contributed by atoms with Crippen LogP contribution in [0.1, 0.15) is 12.1 Å². The molecule has 5 heteroatoms. The highest BCUT2D eigenvalue weighted by molar-refractivity contribution is 5.84. The number of para-hydroxylation sites is 1. The van der Waals surface area contributed by atoms with Gasteiger partial charge in [0.2, 0.25) is 0 Å². The van der Waals surface area contributed by atoms with Gasteiger partial charge in [-0.1, -0.05) is 18.2 Å². The smallest absolute Gasteiger partial charge is 0.145 e. The van der Waals surface area contributed by atoms with Crippen molar-refractivity contribution in [2.24, 2.45) is 0 Å². The number of benzene rings is 1. The first-order valence-electron chi connectivity index (χ1n) is 7.32. The fourth-order valence-corrected chi connectivity index (χ4v) is 2.21. The van der Waals surface area contributed by atoms with E-state index >= 15 is 0 Å². The number of aryl methyl sites for hydroxylation is 1. The second kappa shape index (κ2) is 6.85. The summed E-state index contributed by atoms with van der Waals surface area (Å²) in [7, 11) is 0. The second-order valence-corrected chi connectivity index (χ2v) is 5.01. The molecule has 0 bridgehead atoms. The Morgan fingerprint density at radius 2 is 2.05 bits per heavy atom. The fourth-order valence-electron chi connectivity index (χ4n) is 2.21. The van der Waals surface area contributed by atoms with Crippen LogP contribution in [0.25, 0.3) is 10.9 Å². The van der Waals surface area contributed by atoms with Crippen molar-refractivity contribution in [1.82, 2.24) is 15.0 Å². The van der Waals surface area contributed by atoms with Crippen molar-refractivity contribution in [2.75, 3.05) is 18.5 Å². The predicted octanol–water partition coefficient (Wildman–Crippen LogP) is 3.21. The Labute approximate surface area is 129 Å². The average Bonchev–Trinajstić information content (AvgIpc) is 2.55. The number of hydrogen-bond donors (Lipinski definition) is 1. The number of ether oxygens (including phenoxy) is 1. The zero-order chi connectivity index (χ0) is 15.2. The number of nitrogens with one attached hydrogen (secondary N) is 1. The van der Waals surface area contributed by atoms with Crippen molar-refractivity contribution < 1.29 is 4.74 Å². The van der Waals surface area contributed by atoms with Crippen molar-refractivity contribution in [2.45, 2.75) is 13.3 Å². The van der Waals surface area contributed by atoms with Crippen LogP contribution < -0.4 is 10.1 Å². The van der Waals surface area contributed by atoms with Crippen LogP contribution in [0, 0.1) is 6.92 Å². The van der Waals surface area contributed by atoms with Crippen LogP contribution in [0.3, 0.4) is 0 Å². The molecule has 0 aliphatic rings. The summed E-state index contributed by atoms with van der Waals surface area (Å²) in [5.74, 6) is 1.63. The van der Waals surface area contributed by atoms with Gasteiger partial charge in [-0.15, -0.1) is 0 Å². The van der Waals surface area contributed by atoms with E-state index in [0.717, 1.165) is 41.1 Å². The Bertz CT molecular complexity index is 755. The molecule has 0 atom stereocenters. The summed E-state index contributed by atoms with van der Waals surface area (Å²) in [6, 6.07) is 9.94. The third-order valence-electron chi connectivity index (χ3n) is 3.24. The van der Waals surface area contributed by atoms with Crippen molar-refractivity contribution in [3.63, 3.8) is 0 Å². The molecule has 0 spiro atoms. The zero-order valence-corrected chi connectivity index (χ0v) is 12.5. The SMILES string of the molecule is Cc1cncc(NCCCOc2cccc3cccnc23)n1. The van der Waals surface area contributed by atoms with Gasteiger partial charge in [-0.05, 0) is 25.5 Å². The fraction of sp³-hybridized carbons (Fsp3) is 0.235. The molecule has 0 fully saturated rings. The van der Waals surface area contributed by atoms with E-state index in [1.807, 2.05) is 37.3 Å². The Hall–Kier alpha value is -2.69. The summed E-state index contributed by atoms with van der Waals surface area (Å²) in [6.07, 6.45) is 6.12. The number of nitrogens with zero attached hydrogens (tertiary/aromatic N) is 3. The number of hydrogen-bond acceptors (Lipinski definition) is 5. The maximum absolute atomic E-state index is 5.84. The van der Waals surface area contributed by atoms with Crippen LogP contribution in [0.15, 0.2) is 48.9 Å². The second-order valence-electron chi connectivity index (χ2n) is 5.01. The Morgan fingerprint density at radius 1 is 1.14 bits per heavy atom. The molecule has 3 aromatic rings. The minimum atomic E-state index is 0.627. The lowest BCUT2D eigenvalue weighted by atomic mass is 10.2. The molecule has 0 unspecified atom stereocenters. The molecule has 0 aliphatic carbocycles. The summed E-state index contributed by atoms with van der Waals surface area (Å²) in [4.78, 5) is 12.8. The lowest BCUT2D eigenvalue weighted by Crippen LogP contribution is -2.09. The molecular formula is C17H18N4O. The highest BCUT2D eigenvalue weighted by Gasteiger charge is 2.02. The summed E-state index contributed by atoms with van der Waals surface area (Å²) >= 11 is 0. The van der Waals surface area contributed by atoms with Gasteiger partial charge in [0.15, 0.2) is 0 Å². The molecule has 1 aromatic carbocycles. The quantitative estimate of drug-likeness (QED) is 0.707. The molecule has 0 saturated carbocycles. The first-order chi connectivity index (χ1) is 10.8. The van der Waals surface area contributed by atoms with Gasteiger partial charge in [-0.25, -0.2) is 4.98 Å². The van der Waals surface area contributed by atoms with Crippen LogP contribution in [-0.4, -0.2) is 28.1 Å². The molecule has 1 N–H and O–H groups in total. The van der Waals surface area contributed by atoms with Crippen molar-refractivity contribution in [3.05, 3.63) is 54.6 Å². The Morgan fingerprint density at radius 3 is 2.95 bits per heavy atom.